The van der Waals surface area contributed by atoms with Gasteiger partial charge in [0.2, 0.25) is 0 Å². The molecule has 1 saturated heterocycles. The number of nitrogens with one attached hydrogen (secondary N) is 1. The van der Waals surface area contributed by atoms with Gasteiger partial charge in [-0.15, -0.1) is 0 Å². The molecule has 1 N–H and O–H groups in total. The summed E-state index contributed by atoms with van der Waals surface area (Å²) in [6.07, 6.45) is 1.90. The number of hydrogen-bond acceptors (Lipinski definition) is 5. The largest absolute Gasteiger partial charge is 0.452 e. The minimum Gasteiger partial charge on any atom is -0.452 e. The molecule has 0 bridgehead atoms. The number of sulfonamides is 1. The van der Waals surface area contributed by atoms with Crippen molar-refractivity contribution in [2.45, 2.75) is 31.6 Å². The number of amides is 1. The Hall–Kier alpha value is -2.87. The van der Waals surface area contributed by atoms with E-state index in [4.69, 9.17) is 4.74 Å². The molecule has 0 aliphatic carbocycles. The molecule has 1 fully saturated rings. The molecule has 0 saturated carbocycles. The zero-order chi connectivity index (χ0) is 21.7. The monoisotopic (exact) mass is 430 g/mol. The summed E-state index contributed by atoms with van der Waals surface area (Å²) in [6.45, 7) is 5.11. The lowest BCUT2D eigenvalue weighted by Crippen LogP contribution is -2.40. The molecule has 1 aliphatic rings. The number of ether oxygens (including phenoxy) is 1. The lowest BCUT2D eigenvalue weighted by molar-refractivity contribution is -0.135. The third-order valence-electron chi connectivity index (χ3n) is 5.17. The Balaban J connectivity index is 1.57. The van der Waals surface area contributed by atoms with Gasteiger partial charge in [-0.25, -0.2) is 13.2 Å². The normalized spacial score (nSPS) is 14.9. The lowest BCUT2D eigenvalue weighted by atomic mass is 9.99. The first kappa shape index (κ1) is 21.8. The van der Waals surface area contributed by atoms with Crippen molar-refractivity contribution in [2.75, 3.05) is 24.4 Å². The third-order valence-corrected chi connectivity index (χ3v) is 6.56. The number of carbonyl (C=O) groups is 2. The number of benzene rings is 2. The van der Waals surface area contributed by atoms with E-state index in [0.29, 0.717) is 24.7 Å². The molecular formula is C22H26N2O5S. The molecule has 7 nitrogen and oxygen atoms in total. The Morgan fingerprint density at radius 2 is 1.63 bits per heavy atom. The molecule has 8 heteroatoms. The van der Waals surface area contributed by atoms with Gasteiger partial charge in [-0.2, -0.15) is 0 Å². The highest BCUT2D eigenvalue weighted by molar-refractivity contribution is 7.92. The molecule has 0 atom stereocenters. The van der Waals surface area contributed by atoms with E-state index in [1.54, 1.807) is 17.0 Å². The smallest absolute Gasteiger partial charge is 0.338 e. The molecule has 0 spiro atoms. The van der Waals surface area contributed by atoms with Crippen LogP contribution in [0.4, 0.5) is 5.69 Å². The SMILES string of the molecule is Cc1ccc(NS(=O)(=O)c2ccc(C(=O)OCC(=O)N3CCC(C)CC3)cc2)cc1. The Morgan fingerprint density at radius 1 is 1.03 bits per heavy atom. The van der Waals surface area contributed by atoms with E-state index in [-0.39, 0.29) is 23.0 Å². The highest BCUT2D eigenvalue weighted by Gasteiger charge is 2.22. The molecule has 1 heterocycles. The van der Waals surface area contributed by atoms with Gasteiger partial charge < -0.3 is 9.64 Å². The minimum atomic E-state index is -3.78. The molecule has 0 radical (unpaired) electrons. The zero-order valence-corrected chi connectivity index (χ0v) is 17.9. The summed E-state index contributed by atoms with van der Waals surface area (Å²) < 4.78 is 32.6. The summed E-state index contributed by atoms with van der Waals surface area (Å²) in [4.78, 5) is 26.1. The second kappa shape index (κ2) is 9.30. The van der Waals surface area contributed by atoms with E-state index in [9.17, 15) is 18.0 Å². The van der Waals surface area contributed by atoms with Gasteiger partial charge in [0.15, 0.2) is 6.61 Å². The predicted molar refractivity (Wildman–Crippen MR) is 114 cm³/mol. The highest BCUT2D eigenvalue weighted by Crippen LogP contribution is 2.18. The van der Waals surface area contributed by atoms with Crippen LogP contribution in [0.25, 0.3) is 0 Å². The van der Waals surface area contributed by atoms with E-state index in [1.807, 2.05) is 19.1 Å². The molecule has 3 rings (SSSR count). The van der Waals surface area contributed by atoms with Gasteiger partial charge in [-0.05, 0) is 62.1 Å². The predicted octanol–water partition coefficient (Wildman–Crippen LogP) is 3.21. The number of carbonyl (C=O) groups excluding carboxylic acids is 2. The van der Waals surface area contributed by atoms with Crippen LogP contribution in [0, 0.1) is 12.8 Å². The first-order valence-electron chi connectivity index (χ1n) is 9.89. The van der Waals surface area contributed by atoms with E-state index in [1.165, 1.54) is 24.3 Å². The van der Waals surface area contributed by atoms with Gasteiger partial charge in [0, 0.05) is 18.8 Å². The summed E-state index contributed by atoms with van der Waals surface area (Å²) in [6, 6.07) is 12.4. The van der Waals surface area contributed by atoms with Crippen LogP contribution in [-0.4, -0.2) is 44.9 Å². The van der Waals surface area contributed by atoms with Crippen LogP contribution in [-0.2, 0) is 19.6 Å². The Labute approximate surface area is 177 Å². The van der Waals surface area contributed by atoms with Crippen molar-refractivity contribution in [1.29, 1.82) is 0 Å². The fourth-order valence-electron chi connectivity index (χ4n) is 3.17. The van der Waals surface area contributed by atoms with Gasteiger partial charge in [0.25, 0.3) is 15.9 Å². The molecule has 160 valence electrons. The van der Waals surface area contributed by atoms with Gasteiger partial charge >= 0.3 is 5.97 Å². The van der Waals surface area contributed by atoms with Crippen molar-refractivity contribution in [3.63, 3.8) is 0 Å². The number of esters is 1. The van der Waals surface area contributed by atoms with Crippen molar-refractivity contribution in [3.05, 3.63) is 59.7 Å². The maximum atomic E-state index is 12.5. The van der Waals surface area contributed by atoms with Crippen LogP contribution in [0.15, 0.2) is 53.4 Å². The number of hydrogen-bond donors (Lipinski definition) is 1. The van der Waals surface area contributed by atoms with Crippen LogP contribution in [0.5, 0.6) is 0 Å². The molecule has 30 heavy (non-hydrogen) atoms. The van der Waals surface area contributed by atoms with E-state index < -0.39 is 16.0 Å². The van der Waals surface area contributed by atoms with Crippen LogP contribution >= 0.6 is 0 Å². The molecule has 2 aromatic carbocycles. The second-order valence-corrected chi connectivity index (χ2v) is 9.32. The zero-order valence-electron chi connectivity index (χ0n) is 17.1. The lowest BCUT2D eigenvalue weighted by Gasteiger charge is -2.30. The molecule has 2 aromatic rings. The first-order valence-corrected chi connectivity index (χ1v) is 11.4. The number of rotatable bonds is 6. The summed E-state index contributed by atoms with van der Waals surface area (Å²) in [5, 5.41) is 0. The second-order valence-electron chi connectivity index (χ2n) is 7.64. The van der Waals surface area contributed by atoms with Crippen molar-refractivity contribution < 1.29 is 22.7 Å². The van der Waals surface area contributed by atoms with Crippen molar-refractivity contribution >= 4 is 27.6 Å². The molecular weight excluding hydrogens is 404 g/mol. The van der Waals surface area contributed by atoms with Crippen molar-refractivity contribution in [1.82, 2.24) is 4.90 Å². The Morgan fingerprint density at radius 3 is 2.23 bits per heavy atom. The summed E-state index contributed by atoms with van der Waals surface area (Å²) in [5.41, 5.74) is 1.66. The summed E-state index contributed by atoms with van der Waals surface area (Å²) >= 11 is 0. The fraction of sp³-hybridized carbons (Fsp3) is 0.364. The maximum absolute atomic E-state index is 12.5. The van der Waals surface area contributed by atoms with Crippen molar-refractivity contribution in [2.24, 2.45) is 5.92 Å². The standard InChI is InChI=1S/C22H26N2O5S/c1-16-3-7-19(8-4-16)23-30(27,28)20-9-5-18(6-10-20)22(26)29-15-21(25)24-13-11-17(2)12-14-24/h3-10,17,23H,11-15H2,1-2H3. The topological polar surface area (TPSA) is 92.8 Å². The van der Waals surface area contributed by atoms with Gasteiger partial charge in [-0.3, -0.25) is 9.52 Å². The highest BCUT2D eigenvalue weighted by atomic mass is 32.2. The molecule has 0 aromatic heterocycles. The maximum Gasteiger partial charge on any atom is 0.338 e. The Bertz CT molecular complexity index is 993. The quantitative estimate of drug-likeness (QED) is 0.711. The molecule has 1 amide bonds. The van der Waals surface area contributed by atoms with E-state index in [2.05, 4.69) is 11.6 Å². The van der Waals surface area contributed by atoms with E-state index in [0.717, 1.165) is 18.4 Å². The van der Waals surface area contributed by atoms with Crippen LogP contribution in [0.2, 0.25) is 0 Å². The van der Waals surface area contributed by atoms with E-state index >= 15 is 0 Å². The van der Waals surface area contributed by atoms with Gasteiger partial charge in [-0.1, -0.05) is 24.6 Å². The fourth-order valence-corrected chi connectivity index (χ4v) is 4.22. The first-order chi connectivity index (χ1) is 14.2. The molecule has 1 aliphatic heterocycles. The van der Waals surface area contributed by atoms with Crippen LogP contribution in [0.1, 0.15) is 35.7 Å². The molecule has 0 unspecified atom stereocenters. The minimum absolute atomic E-state index is 0.0261. The summed E-state index contributed by atoms with van der Waals surface area (Å²) in [5.74, 6) is -0.271. The third kappa shape index (κ3) is 5.60. The Kier molecular flexibility index (Phi) is 6.77. The van der Waals surface area contributed by atoms with Gasteiger partial charge in [0.05, 0.1) is 10.5 Å². The average molecular weight is 431 g/mol. The van der Waals surface area contributed by atoms with Crippen molar-refractivity contribution in [3.8, 4) is 0 Å². The number of piperidine rings is 1. The number of nitrogens with zero attached hydrogens (tertiary/aromatic N) is 1. The number of anilines is 1. The number of likely N-dealkylation sites (tertiary alicyclic amines) is 1. The van der Waals surface area contributed by atoms with Gasteiger partial charge in [0.1, 0.15) is 0 Å². The average Bonchev–Trinajstić information content (AvgIpc) is 2.74. The number of aryl methyl sites for hydroxylation is 1. The van der Waals surface area contributed by atoms with Crippen LogP contribution < -0.4 is 4.72 Å². The summed E-state index contributed by atoms with van der Waals surface area (Å²) in [7, 11) is -3.78. The van der Waals surface area contributed by atoms with Crippen LogP contribution in [0.3, 0.4) is 0 Å².